The number of alkyl carbamates (subject to hydrolysis) is 1. The number of likely N-dealkylation sites (tertiary alicyclic amines) is 1. The van der Waals surface area contributed by atoms with Gasteiger partial charge >= 0.3 is 18.3 Å². The molecule has 1 aliphatic heterocycles. The standard InChI is InChI=1S/C73H98N10O21/c1-13-27-102-73(95)82-64(44(4)5)69(91)76-48(9)66(88)78-52-23-19-50(20-24-52)42-104-72(94)80-57-37-61(59(98-12)35-55(57)70(92)83-39-46(7)33-53(83)40-85)101-29-15-28-100-60-36-56(54(34-58(60)97-11)67(89)74-38-45(6)16-14-26-84)79-71(93)103-41-49-17-21-51(22-18-49)77-65(87)47(8)75-68(90)63(43(2)3)81-62(86)25-30-99-32-31-96-10/h13,17-24,34-37,43-44,47-48,53,63-64,84-85H,1,6-7,14-16,25-33,38-42H2,2-5,8-12H3,(H,74,89)(H,75,90)(H,76,91)(H,77,87)(H,78,88)(H,79,93)(H,80,94)(H,81,86)(H,82,95)/t47-,48?,53?,63-,64-/m0/s1. The number of anilines is 4. The van der Waals surface area contributed by atoms with Crippen molar-refractivity contribution in [1.82, 2.24) is 31.5 Å². The molecule has 2 unspecified atom stereocenters. The van der Waals surface area contributed by atoms with Gasteiger partial charge in [0.1, 0.15) is 44.0 Å². The van der Waals surface area contributed by atoms with Gasteiger partial charge in [0, 0.05) is 63.2 Å². The zero-order valence-electron chi connectivity index (χ0n) is 60.3. The zero-order chi connectivity index (χ0) is 76.4. The van der Waals surface area contributed by atoms with Gasteiger partial charge in [0.15, 0.2) is 23.0 Å². The molecule has 0 radical (unpaired) electrons. The monoisotopic (exact) mass is 1450 g/mol. The minimum Gasteiger partial charge on any atom is -0.493 e. The molecule has 31 nitrogen and oxygen atoms in total. The number of hydrogen-bond acceptors (Lipinski definition) is 21. The zero-order valence-corrected chi connectivity index (χ0v) is 60.3. The number of nitrogens with one attached hydrogen (secondary N) is 9. The summed E-state index contributed by atoms with van der Waals surface area (Å²) in [6, 6.07) is 13.7. The molecule has 10 amide bonds. The first-order valence-electron chi connectivity index (χ1n) is 33.7. The lowest BCUT2D eigenvalue weighted by Crippen LogP contribution is -2.53. The van der Waals surface area contributed by atoms with E-state index in [-0.39, 0.29) is 142 Å². The van der Waals surface area contributed by atoms with Crippen molar-refractivity contribution in [3.8, 4) is 23.0 Å². The summed E-state index contributed by atoms with van der Waals surface area (Å²) in [4.78, 5) is 134. The summed E-state index contributed by atoms with van der Waals surface area (Å²) in [7, 11) is 4.25. The third-order valence-corrected chi connectivity index (χ3v) is 15.8. The van der Waals surface area contributed by atoms with Crippen LogP contribution in [0.15, 0.2) is 110 Å². The summed E-state index contributed by atoms with van der Waals surface area (Å²) in [6.07, 6.45) is 0.0800. The quantitative estimate of drug-likeness (QED) is 0.0122. The highest BCUT2D eigenvalue weighted by Crippen LogP contribution is 2.37. The third kappa shape index (κ3) is 27.2. The Morgan fingerprint density at radius 3 is 1.57 bits per heavy atom. The first kappa shape index (κ1) is 83.9. The highest BCUT2D eigenvalue weighted by molar-refractivity contribution is 6.05. The fourth-order valence-corrected chi connectivity index (χ4v) is 10.0. The van der Waals surface area contributed by atoms with Crippen LogP contribution >= 0.6 is 0 Å². The van der Waals surface area contributed by atoms with Crippen LogP contribution in [-0.4, -0.2) is 192 Å². The molecule has 11 N–H and O–H groups in total. The van der Waals surface area contributed by atoms with Crippen molar-refractivity contribution >= 4 is 82.4 Å². The Balaban J connectivity index is 1.24. The molecule has 104 heavy (non-hydrogen) atoms. The number of carbonyl (C=O) groups excluding carboxylic acids is 10. The van der Waals surface area contributed by atoms with Gasteiger partial charge in [-0.15, -0.1) is 0 Å². The number of aliphatic hydroxyl groups is 2. The maximum Gasteiger partial charge on any atom is 0.411 e. The smallest absolute Gasteiger partial charge is 0.411 e. The number of amides is 10. The second kappa shape index (κ2) is 43.3. The number of methoxy groups -OCH3 is 3. The Labute approximate surface area is 604 Å². The molecular weight excluding hydrogens is 1350 g/mol. The molecule has 0 aliphatic carbocycles. The van der Waals surface area contributed by atoms with Crippen molar-refractivity contribution in [3.05, 3.63) is 132 Å². The molecule has 31 heteroatoms. The maximum absolute atomic E-state index is 14.3. The normalized spacial score (nSPS) is 13.5. The topological polar surface area (TPSA) is 406 Å². The van der Waals surface area contributed by atoms with Gasteiger partial charge in [-0.2, -0.15) is 0 Å². The van der Waals surface area contributed by atoms with E-state index in [9.17, 15) is 58.2 Å². The Morgan fingerprint density at radius 1 is 0.577 bits per heavy atom. The van der Waals surface area contributed by atoms with Gasteiger partial charge < -0.3 is 95.0 Å². The van der Waals surface area contributed by atoms with Gasteiger partial charge in [-0.25, -0.2) is 14.4 Å². The van der Waals surface area contributed by atoms with Crippen LogP contribution in [0.3, 0.4) is 0 Å². The molecule has 1 heterocycles. The van der Waals surface area contributed by atoms with E-state index in [1.54, 1.807) is 76.2 Å². The van der Waals surface area contributed by atoms with Gasteiger partial charge in [-0.05, 0) is 92.5 Å². The lowest BCUT2D eigenvalue weighted by molar-refractivity contribution is -0.132. The molecule has 4 aromatic rings. The summed E-state index contributed by atoms with van der Waals surface area (Å²) < 4.78 is 50.0. The number of rotatable bonds is 42. The first-order chi connectivity index (χ1) is 49.7. The number of carbonyl (C=O) groups is 10. The lowest BCUT2D eigenvalue weighted by Gasteiger charge is -2.25. The fourth-order valence-electron chi connectivity index (χ4n) is 10.0. The summed E-state index contributed by atoms with van der Waals surface area (Å²) in [5.41, 5.74) is 2.98. The average Bonchev–Trinajstić information content (AvgIpc) is 1.38. The van der Waals surface area contributed by atoms with Crippen LogP contribution in [0.4, 0.5) is 37.1 Å². The Bertz CT molecular complexity index is 3620. The molecule has 0 aromatic heterocycles. The van der Waals surface area contributed by atoms with Gasteiger partial charge in [0.2, 0.25) is 29.5 Å². The SMILES string of the molecule is C=CCOC(=O)N[C@H](C(=O)NC(C)C(=O)Nc1ccc(COC(=O)Nc2cc(OCCCOc3cc(NC(=O)OCc4ccc(NC(=O)[C@H](C)NC(=O)[C@@H](NC(=O)CCOCCOC)C(C)C)cc4)c(C(=O)NCC(=C)CCCO)cc3OC)c(OC)cc2C(=O)N2CC(=C)CC2CO)cc1)C(C)C. The van der Waals surface area contributed by atoms with E-state index in [0.717, 1.165) is 0 Å². The number of ether oxygens (including phenoxy) is 9. The summed E-state index contributed by atoms with van der Waals surface area (Å²) in [5, 5.41) is 43.5. The fraction of sp³-hybridized carbons (Fsp3) is 0.452. The van der Waals surface area contributed by atoms with E-state index >= 15 is 0 Å². The summed E-state index contributed by atoms with van der Waals surface area (Å²) >= 11 is 0. The minimum atomic E-state index is -1.01. The molecule has 0 saturated carbocycles. The third-order valence-electron chi connectivity index (χ3n) is 15.8. The second-order valence-electron chi connectivity index (χ2n) is 24.8. The van der Waals surface area contributed by atoms with Crippen LogP contribution in [0.25, 0.3) is 0 Å². The number of aliphatic hydroxyl groups excluding tert-OH is 2. The van der Waals surface area contributed by atoms with E-state index < -0.39 is 83.9 Å². The highest BCUT2D eigenvalue weighted by Gasteiger charge is 2.34. The Morgan fingerprint density at radius 2 is 1.09 bits per heavy atom. The molecule has 1 fully saturated rings. The number of hydrogen-bond donors (Lipinski definition) is 11. The van der Waals surface area contributed by atoms with Crippen molar-refractivity contribution in [1.29, 1.82) is 0 Å². The molecule has 0 spiro atoms. The van der Waals surface area contributed by atoms with Crippen molar-refractivity contribution in [2.45, 2.75) is 117 Å². The largest absolute Gasteiger partial charge is 0.493 e. The molecule has 5 atom stereocenters. The van der Waals surface area contributed by atoms with Crippen LogP contribution in [0.5, 0.6) is 23.0 Å². The van der Waals surface area contributed by atoms with Crippen LogP contribution in [-0.2, 0) is 60.9 Å². The predicted octanol–water partition coefficient (Wildman–Crippen LogP) is 6.89. The van der Waals surface area contributed by atoms with E-state index in [0.29, 0.717) is 66.1 Å². The molecular formula is C73H98N10O21. The second-order valence-corrected chi connectivity index (χ2v) is 24.8. The minimum absolute atomic E-state index is 0.0222. The molecule has 566 valence electrons. The first-order valence-corrected chi connectivity index (χ1v) is 33.7. The van der Waals surface area contributed by atoms with Crippen LogP contribution in [0, 0.1) is 11.8 Å². The van der Waals surface area contributed by atoms with Crippen molar-refractivity contribution < 1.29 is 101 Å². The van der Waals surface area contributed by atoms with Gasteiger partial charge in [0.05, 0.1) is 82.4 Å². The van der Waals surface area contributed by atoms with E-state index in [1.807, 2.05) is 0 Å². The van der Waals surface area contributed by atoms with Crippen LogP contribution < -0.4 is 66.8 Å². The molecule has 5 rings (SSSR count). The lowest BCUT2D eigenvalue weighted by atomic mass is 10.0. The van der Waals surface area contributed by atoms with Gasteiger partial charge in [0.25, 0.3) is 11.8 Å². The molecule has 1 saturated heterocycles. The van der Waals surface area contributed by atoms with E-state index in [2.05, 4.69) is 67.6 Å². The number of benzene rings is 4. The average molecular weight is 1450 g/mol. The van der Waals surface area contributed by atoms with Crippen molar-refractivity contribution in [2.75, 3.05) is 109 Å². The molecule has 1 aliphatic rings. The van der Waals surface area contributed by atoms with Crippen LogP contribution in [0.2, 0.25) is 0 Å². The summed E-state index contributed by atoms with van der Waals surface area (Å²) in [6.45, 7) is 21.4. The number of nitrogens with zero attached hydrogens (tertiary/aromatic N) is 1. The van der Waals surface area contributed by atoms with Gasteiger partial charge in [-0.3, -0.25) is 44.2 Å². The Kier molecular flexibility index (Phi) is 34.9. The van der Waals surface area contributed by atoms with E-state index in [1.165, 1.54) is 70.4 Å². The summed E-state index contributed by atoms with van der Waals surface area (Å²) in [5.74, 6) is -4.02. The van der Waals surface area contributed by atoms with Crippen LogP contribution in [0.1, 0.15) is 105 Å². The van der Waals surface area contributed by atoms with E-state index in [4.69, 9.17) is 42.6 Å². The van der Waals surface area contributed by atoms with Gasteiger partial charge in [-0.1, -0.05) is 88.9 Å². The molecule has 4 aromatic carbocycles. The maximum atomic E-state index is 14.3. The van der Waals surface area contributed by atoms with Crippen molar-refractivity contribution in [3.63, 3.8) is 0 Å². The Hall–Kier alpha value is -10.8. The molecule has 0 bridgehead atoms. The predicted molar refractivity (Wildman–Crippen MR) is 385 cm³/mol. The highest BCUT2D eigenvalue weighted by atomic mass is 16.6. The van der Waals surface area contributed by atoms with Crippen molar-refractivity contribution in [2.24, 2.45) is 11.8 Å².